The summed E-state index contributed by atoms with van der Waals surface area (Å²) in [6.07, 6.45) is 0.822. The topological polar surface area (TPSA) is 41.1 Å². The molecule has 20 heavy (non-hydrogen) atoms. The zero-order valence-corrected chi connectivity index (χ0v) is 11.1. The molecular formula is C12H13ClF4N2O. The Labute approximate surface area is 119 Å². The zero-order chi connectivity index (χ0) is 14.0. The second-order valence-electron chi connectivity index (χ2n) is 4.41. The Morgan fingerprint density at radius 2 is 1.85 bits per heavy atom. The van der Waals surface area contributed by atoms with Gasteiger partial charge in [0.15, 0.2) is 23.3 Å². The third-order valence-electron chi connectivity index (χ3n) is 3.05. The minimum Gasteiger partial charge on any atom is -0.352 e. The molecule has 1 aromatic rings. The average Bonchev–Trinajstić information content (AvgIpc) is 2.87. The van der Waals surface area contributed by atoms with Crippen LogP contribution in [-0.4, -0.2) is 25.5 Å². The monoisotopic (exact) mass is 312 g/mol. The Morgan fingerprint density at radius 1 is 1.25 bits per heavy atom. The van der Waals surface area contributed by atoms with Crippen molar-refractivity contribution in [3.05, 3.63) is 34.9 Å². The molecule has 112 valence electrons. The van der Waals surface area contributed by atoms with Crippen LogP contribution in [0.3, 0.4) is 0 Å². The lowest BCUT2D eigenvalue weighted by atomic mass is 10.1. The van der Waals surface area contributed by atoms with Crippen molar-refractivity contribution < 1.29 is 22.4 Å². The zero-order valence-electron chi connectivity index (χ0n) is 10.3. The Hall–Kier alpha value is -1.34. The number of hydrogen-bond acceptors (Lipinski definition) is 2. The highest BCUT2D eigenvalue weighted by Gasteiger charge is 2.25. The molecule has 0 aliphatic carbocycles. The van der Waals surface area contributed by atoms with Gasteiger partial charge in [0.2, 0.25) is 0 Å². The van der Waals surface area contributed by atoms with Gasteiger partial charge in [0.1, 0.15) is 5.56 Å². The van der Waals surface area contributed by atoms with E-state index in [1.54, 1.807) is 0 Å². The number of rotatable bonds is 3. The van der Waals surface area contributed by atoms with Crippen LogP contribution >= 0.6 is 12.4 Å². The molecule has 1 heterocycles. The third-order valence-corrected chi connectivity index (χ3v) is 3.05. The molecule has 1 fully saturated rings. The molecule has 1 aliphatic rings. The van der Waals surface area contributed by atoms with Crippen LogP contribution in [0.25, 0.3) is 0 Å². The van der Waals surface area contributed by atoms with Gasteiger partial charge in [-0.2, -0.15) is 0 Å². The number of carbonyl (C=O) groups is 1. The van der Waals surface area contributed by atoms with Gasteiger partial charge in [-0.1, -0.05) is 0 Å². The van der Waals surface area contributed by atoms with Crippen molar-refractivity contribution in [2.75, 3.05) is 19.6 Å². The number of benzene rings is 1. The fraction of sp³-hybridized carbons (Fsp3) is 0.417. The van der Waals surface area contributed by atoms with Crippen molar-refractivity contribution in [2.45, 2.75) is 6.42 Å². The summed E-state index contributed by atoms with van der Waals surface area (Å²) in [5.41, 5.74) is -1.22. The Bertz CT molecular complexity index is 480. The van der Waals surface area contributed by atoms with Gasteiger partial charge in [-0.25, -0.2) is 17.6 Å². The van der Waals surface area contributed by atoms with Gasteiger partial charge in [0.05, 0.1) is 0 Å². The predicted octanol–water partition coefficient (Wildman–Crippen LogP) is 2.00. The van der Waals surface area contributed by atoms with Crippen molar-refractivity contribution >= 4 is 18.3 Å². The van der Waals surface area contributed by atoms with Crippen molar-refractivity contribution in [3.63, 3.8) is 0 Å². The number of hydrogen-bond donors (Lipinski definition) is 2. The van der Waals surface area contributed by atoms with E-state index in [9.17, 15) is 22.4 Å². The van der Waals surface area contributed by atoms with E-state index in [4.69, 9.17) is 0 Å². The molecule has 1 atom stereocenters. The standard InChI is InChI=1S/C12H12F4N2O.ClH/c13-7-3-8(14)11(16)9(10(7)15)12(19)18-5-6-1-2-17-4-6;/h3,6,17H,1-2,4-5H2,(H,18,19);1H. The van der Waals surface area contributed by atoms with Crippen LogP contribution in [0.5, 0.6) is 0 Å². The normalized spacial score (nSPS) is 17.7. The van der Waals surface area contributed by atoms with Crippen molar-refractivity contribution in [2.24, 2.45) is 5.92 Å². The van der Waals surface area contributed by atoms with Crippen LogP contribution in [0.4, 0.5) is 17.6 Å². The molecule has 0 saturated carbocycles. The summed E-state index contributed by atoms with van der Waals surface area (Å²) >= 11 is 0. The fourth-order valence-corrected chi connectivity index (χ4v) is 1.99. The van der Waals surface area contributed by atoms with E-state index in [1.807, 2.05) is 0 Å². The molecule has 2 rings (SSSR count). The predicted molar refractivity (Wildman–Crippen MR) is 66.8 cm³/mol. The molecule has 0 radical (unpaired) electrons. The molecule has 1 aromatic carbocycles. The van der Waals surface area contributed by atoms with Gasteiger partial charge in [-0.05, 0) is 25.4 Å². The largest absolute Gasteiger partial charge is 0.352 e. The first-order valence-corrected chi connectivity index (χ1v) is 5.82. The van der Waals surface area contributed by atoms with Crippen molar-refractivity contribution in [1.82, 2.24) is 10.6 Å². The summed E-state index contributed by atoms with van der Waals surface area (Å²) in [6, 6.07) is 0.0718. The van der Waals surface area contributed by atoms with Crippen molar-refractivity contribution in [3.8, 4) is 0 Å². The summed E-state index contributed by atoms with van der Waals surface area (Å²) in [6.45, 7) is 1.68. The lowest BCUT2D eigenvalue weighted by Crippen LogP contribution is -2.32. The Morgan fingerprint density at radius 3 is 2.35 bits per heavy atom. The molecule has 1 aliphatic heterocycles. The summed E-state index contributed by atoms with van der Waals surface area (Å²) in [4.78, 5) is 11.6. The maximum atomic E-state index is 13.3. The molecule has 2 N–H and O–H groups in total. The lowest BCUT2D eigenvalue weighted by Gasteiger charge is -2.11. The van der Waals surface area contributed by atoms with Gasteiger partial charge in [0, 0.05) is 12.6 Å². The maximum absolute atomic E-state index is 13.3. The van der Waals surface area contributed by atoms with Crippen LogP contribution in [0.15, 0.2) is 6.07 Å². The van der Waals surface area contributed by atoms with Gasteiger partial charge in [-0.3, -0.25) is 4.79 Å². The van der Waals surface area contributed by atoms with Crippen LogP contribution in [-0.2, 0) is 0 Å². The van der Waals surface area contributed by atoms with Crippen LogP contribution in [0.2, 0.25) is 0 Å². The molecule has 1 saturated heterocycles. The minimum atomic E-state index is -1.68. The van der Waals surface area contributed by atoms with E-state index in [0.717, 1.165) is 13.0 Å². The molecular weight excluding hydrogens is 300 g/mol. The van der Waals surface area contributed by atoms with E-state index >= 15 is 0 Å². The Balaban J connectivity index is 0.00000200. The highest BCUT2D eigenvalue weighted by Crippen LogP contribution is 2.19. The van der Waals surface area contributed by atoms with Crippen molar-refractivity contribution in [1.29, 1.82) is 0 Å². The van der Waals surface area contributed by atoms with E-state index in [1.165, 1.54) is 0 Å². The highest BCUT2D eigenvalue weighted by atomic mass is 35.5. The molecule has 1 unspecified atom stereocenters. The fourth-order valence-electron chi connectivity index (χ4n) is 1.99. The minimum absolute atomic E-state index is 0. The van der Waals surface area contributed by atoms with E-state index < -0.39 is 34.7 Å². The quantitative estimate of drug-likeness (QED) is 0.662. The molecule has 0 aromatic heterocycles. The number of carbonyl (C=O) groups excluding carboxylic acids is 1. The van der Waals surface area contributed by atoms with Crippen LogP contribution < -0.4 is 10.6 Å². The van der Waals surface area contributed by atoms with Crippen LogP contribution in [0.1, 0.15) is 16.8 Å². The second kappa shape index (κ2) is 6.90. The lowest BCUT2D eigenvalue weighted by molar-refractivity contribution is 0.0937. The molecule has 8 heteroatoms. The summed E-state index contributed by atoms with van der Waals surface area (Å²) in [5.74, 6) is -7.55. The SMILES string of the molecule is Cl.O=C(NCC1CCNC1)c1c(F)c(F)cc(F)c1F. The molecule has 1 amide bonds. The van der Waals surface area contributed by atoms with Gasteiger partial charge in [-0.15, -0.1) is 12.4 Å². The van der Waals surface area contributed by atoms with Gasteiger partial charge < -0.3 is 10.6 Å². The average molecular weight is 313 g/mol. The van der Waals surface area contributed by atoms with E-state index in [-0.39, 0.29) is 30.9 Å². The second-order valence-corrected chi connectivity index (χ2v) is 4.41. The molecule has 3 nitrogen and oxygen atoms in total. The molecule has 0 spiro atoms. The summed E-state index contributed by atoms with van der Waals surface area (Å²) in [5, 5.41) is 5.34. The van der Waals surface area contributed by atoms with E-state index in [0.29, 0.717) is 6.54 Å². The first-order chi connectivity index (χ1) is 9.00. The third kappa shape index (κ3) is 3.40. The van der Waals surface area contributed by atoms with Crippen LogP contribution in [0, 0.1) is 29.2 Å². The van der Waals surface area contributed by atoms with Gasteiger partial charge in [0.25, 0.3) is 5.91 Å². The van der Waals surface area contributed by atoms with E-state index in [2.05, 4.69) is 10.6 Å². The number of amides is 1. The number of halogens is 5. The first-order valence-electron chi connectivity index (χ1n) is 5.82. The highest BCUT2D eigenvalue weighted by molar-refractivity contribution is 5.94. The summed E-state index contributed by atoms with van der Waals surface area (Å²) in [7, 11) is 0. The maximum Gasteiger partial charge on any atom is 0.257 e. The Kier molecular flexibility index (Phi) is 5.76. The van der Waals surface area contributed by atoms with Gasteiger partial charge >= 0.3 is 0 Å². The smallest absolute Gasteiger partial charge is 0.257 e. The summed E-state index contributed by atoms with van der Waals surface area (Å²) < 4.78 is 52.6. The number of nitrogens with one attached hydrogen (secondary N) is 2. The first kappa shape index (κ1) is 16.7. The molecule has 0 bridgehead atoms.